The third-order valence-electron chi connectivity index (χ3n) is 2.65. The summed E-state index contributed by atoms with van der Waals surface area (Å²) in [5.74, 6) is -0.243. The number of para-hydroxylation sites is 1. The van der Waals surface area contributed by atoms with Crippen LogP contribution in [-0.4, -0.2) is 12.0 Å². The minimum atomic E-state index is -5.14. The number of halogens is 3. The second kappa shape index (κ2) is 7.96. The van der Waals surface area contributed by atoms with E-state index in [0.717, 1.165) is 6.07 Å². The molecule has 0 atom stereocenters. The van der Waals surface area contributed by atoms with Crippen molar-refractivity contribution >= 4 is 12.4 Å². The van der Waals surface area contributed by atoms with Gasteiger partial charge >= 0.3 is 58.4 Å². The van der Waals surface area contributed by atoms with Crippen molar-refractivity contribution in [3.05, 3.63) is 53.9 Å². The van der Waals surface area contributed by atoms with Crippen LogP contribution in [0.25, 0.3) is 0 Å². The summed E-state index contributed by atoms with van der Waals surface area (Å²) in [6, 6.07) is 10.1. The van der Waals surface area contributed by atoms with Crippen molar-refractivity contribution in [2.24, 2.45) is 0 Å². The monoisotopic (exact) mass is 316 g/mol. The van der Waals surface area contributed by atoms with Crippen LogP contribution in [0.1, 0.15) is 11.3 Å². The van der Waals surface area contributed by atoms with E-state index in [0.29, 0.717) is 5.56 Å². The van der Waals surface area contributed by atoms with Gasteiger partial charge in [-0.15, -0.1) is 0 Å². The van der Waals surface area contributed by atoms with E-state index in [1.807, 2.05) is 6.07 Å². The fraction of sp³-hybridized carbons (Fsp3) is 0.0769. The summed E-state index contributed by atoms with van der Waals surface area (Å²) < 4.78 is 43.7. The second-order valence-electron chi connectivity index (χ2n) is 4.02. The van der Waals surface area contributed by atoms with Crippen molar-refractivity contribution in [1.82, 2.24) is 4.98 Å². The van der Waals surface area contributed by atoms with Gasteiger partial charge in [-0.1, -0.05) is 29.7 Å². The first-order valence-electron chi connectivity index (χ1n) is 5.78. The topological polar surface area (TPSA) is 45.9 Å². The predicted octanol–water partition coefficient (Wildman–Crippen LogP) is -0.409. The smallest absolute Gasteiger partial charge is 0.492 e. The largest absolute Gasteiger partial charge is 1.00 e. The molecule has 102 valence electrons. The van der Waals surface area contributed by atoms with Crippen LogP contribution in [0.4, 0.5) is 12.9 Å². The van der Waals surface area contributed by atoms with Gasteiger partial charge in [0.05, 0.1) is 5.75 Å². The molecule has 0 radical (unpaired) electrons. The zero-order valence-electron chi connectivity index (χ0n) is 11.3. The minimum absolute atomic E-state index is 0. The first-order valence-corrected chi connectivity index (χ1v) is 5.78. The molecule has 0 fully saturated rings. The van der Waals surface area contributed by atoms with E-state index in [2.05, 4.69) is 4.98 Å². The fourth-order valence-electron chi connectivity index (χ4n) is 1.69. The van der Waals surface area contributed by atoms with Gasteiger partial charge in [0, 0.05) is 11.8 Å². The van der Waals surface area contributed by atoms with Gasteiger partial charge in [0.1, 0.15) is 18.4 Å². The third-order valence-corrected chi connectivity index (χ3v) is 2.65. The number of nitriles is 1. The van der Waals surface area contributed by atoms with E-state index in [4.69, 9.17) is 10.00 Å². The molecule has 2 aromatic rings. The number of aromatic nitrogens is 1. The van der Waals surface area contributed by atoms with Gasteiger partial charge in [0.25, 0.3) is 0 Å². The Balaban J connectivity index is 0.00000220. The summed E-state index contributed by atoms with van der Waals surface area (Å²) >= 11 is 0. The SMILES string of the molecule is N#Cc1ncccc1COc1ccccc1[B-](F)(F)F.[K+]. The van der Waals surface area contributed by atoms with E-state index in [1.165, 1.54) is 24.4 Å². The average Bonchev–Trinajstić information content (AvgIpc) is 2.44. The molecule has 0 unspecified atom stereocenters. The van der Waals surface area contributed by atoms with Crippen molar-refractivity contribution in [1.29, 1.82) is 5.26 Å². The summed E-state index contributed by atoms with van der Waals surface area (Å²) in [4.78, 5) is 3.82. The number of hydrogen-bond donors (Lipinski definition) is 0. The Bertz CT molecular complexity index is 658. The number of rotatable bonds is 4. The number of benzene rings is 1. The van der Waals surface area contributed by atoms with Gasteiger partial charge in [0.2, 0.25) is 0 Å². The van der Waals surface area contributed by atoms with Crippen molar-refractivity contribution in [2.45, 2.75) is 6.61 Å². The Labute approximate surface area is 162 Å². The van der Waals surface area contributed by atoms with E-state index in [-0.39, 0.29) is 69.4 Å². The maximum atomic E-state index is 12.8. The van der Waals surface area contributed by atoms with Crippen LogP contribution in [0.3, 0.4) is 0 Å². The molecule has 0 aliphatic carbocycles. The van der Waals surface area contributed by atoms with Crippen molar-refractivity contribution in [3.63, 3.8) is 0 Å². The van der Waals surface area contributed by atoms with Crippen molar-refractivity contribution < 1.29 is 69.1 Å². The summed E-state index contributed by atoms with van der Waals surface area (Å²) in [6.45, 7) is -5.28. The molecule has 0 spiro atoms. The van der Waals surface area contributed by atoms with Gasteiger partial charge in [-0.25, -0.2) is 4.98 Å². The van der Waals surface area contributed by atoms with Crippen molar-refractivity contribution in [3.8, 4) is 11.8 Å². The van der Waals surface area contributed by atoms with Crippen LogP contribution in [0.2, 0.25) is 0 Å². The van der Waals surface area contributed by atoms with Crippen LogP contribution in [0.5, 0.6) is 5.75 Å². The van der Waals surface area contributed by atoms with Crippen LogP contribution >= 0.6 is 0 Å². The molecule has 0 aliphatic rings. The zero-order valence-corrected chi connectivity index (χ0v) is 14.4. The van der Waals surface area contributed by atoms with Crippen LogP contribution in [0.15, 0.2) is 42.6 Å². The molecule has 2 rings (SSSR count). The summed E-state index contributed by atoms with van der Waals surface area (Å²) in [6.07, 6.45) is 1.44. The number of nitrogens with zero attached hydrogens (tertiary/aromatic N) is 2. The third kappa shape index (κ3) is 4.83. The average molecular weight is 316 g/mol. The number of pyridine rings is 1. The molecule has 0 bridgehead atoms. The summed E-state index contributed by atoms with van der Waals surface area (Å²) in [7, 11) is 0. The second-order valence-corrected chi connectivity index (χ2v) is 4.02. The van der Waals surface area contributed by atoms with Crippen molar-refractivity contribution in [2.75, 3.05) is 0 Å². The molecule has 1 heterocycles. The first-order chi connectivity index (χ1) is 9.52. The Hall–Kier alpha value is -0.849. The quantitative estimate of drug-likeness (QED) is 0.721. The molecule has 1 aromatic heterocycles. The molecular formula is C13H9BF3KN2O. The van der Waals surface area contributed by atoms with E-state index in [9.17, 15) is 12.9 Å². The summed E-state index contributed by atoms with van der Waals surface area (Å²) in [5.41, 5.74) is -0.197. The molecule has 21 heavy (non-hydrogen) atoms. The van der Waals surface area contributed by atoms with E-state index >= 15 is 0 Å². The molecule has 0 amide bonds. The normalized spacial score (nSPS) is 10.4. The maximum absolute atomic E-state index is 12.8. The Kier molecular flexibility index (Phi) is 6.90. The molecule has 1 aromatic carbocycles. The molecule has 8 heteroatoms. The number of ether oxygens (including phenoxy) is 1. The fourth-order valence-corrected chi connectivity index (χ4v) is 1.69. The van der Waals surface area contributed by atoms with Crippen LogP contribution < -0.4 is 61.6 Å². The minimum Gasteiger partial charge on any atom is -0.492 e. The van der Waals surface area contributed by atoms with Gasteiger partial charge < -0.3 is 17.7 Å². The predicted molar refractivity (Wildman–Crippen MR) is 68.4 cm³/mol. The molecule has 0 saturated carbocycles. The number of hydrogen-bond acceptors (Lipinski definition) is 3. The van der Waals surface area contributed by atoms with Gasteiger partial charge in [-0.05, 0) is 12.1 Å². The standard InChI is InChI=1S/C13H9BF3N2O.K/c15-14(16,17)11-5-1-2-6-13(11)20-9-10-4-3-7-19-12(10)8-18;/h1-7H,9H2;/q-1;+1. The maximum Gasteiger partial charge on any atom is 1.00 e. The van der Waals surface area contributed by atoms with Gasteiger partial charge in [-0.2, -0.15) is 5.26 Å². The Morgan fingerprint density at radius 2 is 1.86 bits per heavy atom. The van der Waals surface area contributed by atoms with E-state index < -0.39 is 12.4 Å². The van der Waals surface area contributed by atoms with Gasteiger partial charge in [-0.3, -0.25) is 0 Å². The molecule has 3 nitrogen and oxygen atoms in total. The van der Waals surface area contributed by atoms with Crippen LogP contribution in [0, 0.1) is 11.3 Å². The van der Waals surface area contributed by atoms with E-state index in [1.54, 1.807) is 12.1 Å². The van der Waals surface area contributed by atoms with Gasteiger partial charge in [0.15, 0.2) is 0 Å². The molecule has 0 aliphatic heterocycles. The molecule has 0 saturated heterocycles. The summed E-state index contributed by atoms with van der Waals surface area (Å²) in [5, 5.41) is 8.85. The Morgan fingerprint density at radius 3 is 2.52 bits per heavy atom. The molecular weight excluding hydrogens is 307 g/mol. The molecule has 0 N–H and O–H groups in total. The zero-order chi connectivity index (χ0) is 14.6. The first kappa shape index (κ1) is 18.2. The van der Waals surface area contributed by atoms with Crippen LogP contribution in [-0.2, 0) is 6.61 Å². The Morgan fingerprint density at radius 1 is 1.14 bits per heavy atom.